The molecule has 106 valence electrons. The predicted octanol–water partition coefficient (Wildman–Crippen LogP) is 4.13. The number of nitrogens with zero attached hydrogens (tertiary/aromatic N) is 2. The van der Waals surface area contributed by atoms with Gasteiger partial charge in [0, 0.05) is 19.3 Å². The molecule has 0 spiro atoms. The second-order valence-electron chi connectivity index (χ2n) is 4.45. The third-order valence-corrected chi connectivity index (χ3v) is 3.33. The minimum Gasteiger partial charge on any atom is -0.399 e. The van der Waals surface area contributed by atoms with Crippen molar-refractivity contribution in [1.82, 2.24) is 9.36 Å². The molecule has 2 rings (SSSR count). The van der Waals surface area contributed by atoms with Crippen molar-refractivity contribution in [3.8, 4) is 0 Å². The van der Waals surface area contributed by atoms with E-state index in [2.05, 4.69) is 41.5 Å². The normalized spacial score (nSPS) is 11.5. The van der Waals surface area contributed by atoms with Crippen LogP contribution in [0.2, 0.25) is 0 Å². The summed E-state index contributed by atoms with van der Waals surface area (Å²) in [6, 6.07) is 6.42. The maximum atomic E-state index is 5.93. The van der Waals surface area contributed by atoms with Crippen LogP contribution in [0.4, 0.5) is 0 Å². The topological polar surface area (TPSA) is 35.9 Å². The quantitative estimate of drug-likeness (QED) is 0.882. The Labute approximate surface area is 116 Å². The maximum Gasteiger partial charge on any atom is 0.0829 e. The van der Waals surface area contributed by atoms with Gasteiger partial charge in [-0.05, 0) is 31.0 Å². The van der Waals surface area contributed by atoms with Crippen molar-refractivity contribution in [2.75, 3.05) is 0 Å². The Bertz CT molecular complexity index is 544. The average molecular weight is 261 g/mol. The smallest absolute Gasteiger partial charge is 0.0829 e. The molecule has 2 N–H and O–H groups in total. The van der Waals surface area contributed by atoms with E-state index in [-0.39, 0.29) is 0 Å². The number of nitrogens with two attached hydrogens (primary N) is 1. The van der Waals surface area contributed by atoms with Crippen molar-refractivity contribution in [3.63, 3.8) is 0 Å². The van der Waals surface area contributed by atoms with Gasteiger partial charge in [-0.1, -0.05) is 39.3 Å². The lowest BCUT2D eigenvalue weighted by Crippen LogP contribution is -2.20. The fraction of sp³-hybridized carbons (Fsp3) is 0.500. The number of hydrogen-bond donors (Lipinski definition) is 1. The van der Waals surface area contributed by atoms with Gasteiger partial charge < -0.3 is 5.73 Å². The van der Waals surface area contributed by atoms with Crippen LogP contribution in [0.1, 0.15) is 46.1 Å². The third-order valence-electron chi connectivity index (χ3n) is 3.33. The summed E-state index contributed by atoms with van der Waals surface area (Å²) in [6.07, 6.45) is 4.39. The molecule has 0 aliphatic rings. The van der Waals surface area contributed by atoms with Crippen LogP contribution in [0.5, 0.6) is 0 Å². The number of aromatic nitrogens is 2. The fourth-order valence-corrected chi connectivity index (χ4v) is 2.17. The molecule has 0 atom stereocenters. The van der Waals surface area contributed by atoms with Crippen molar-refractivity contribution in [2.45, 2.75) is 47.1 Å². The summed E-state index contributed by atoms with van der Waals surface area (Å²) in [5.74, 6) is 0. The number of fused-ring (bicyclic) bond motifs is 1. The Morgan fingerprint density at radius 2 is 1.95 bits per heavy atom. The first-order valence-corrected chi connectivity index (χ1v) is 7.26. The molecule has 0 fully saturated rings. The largest absolute Gasteiger partial charge is 0.399 e. The summed E-state index contributed by atoms with van der Waals surface area (Å²) < 4.78 is 4.52. The molecule has 0 radical (unpaired) electrons. The molecule has 0 aliphatic heterocycles. The Morgan fingerprint density at radius 3 is 2.53 bits per heavy atom. The van der Waals surface area contributed by atoms with E-state index in [0.29, 0.717) is 0 Å². The zero-order chi connectivity index (χ0) is 14.4. The molecule has 0 aliphatic carbocycles. The van der Waals surface area contributed by atoms with Crippen LogP contribution in [0.15, 0.2) is 24.3 Å². The highest BCUT2D eigenvalue weighted by Crippen LogP contribution is 2.22. The molecule has 3 heteroatoms. The Kier molecular flexibility index (Phi) is 5.74. The molecule has 19 heavy (non-hydrogen) atoms. The summed E-state index contributed by atoms with van der Waals surface area (Å²) in [6.45, 7) is 9.28. The molecule has 1 aromatic carbocycles. The van der Waals surface area contributed by atoms with Crippen LogP contribution in [0, 0.1) is 0 Å². The predicted molar refractivity (Wildman–Crippen MR) is 85.0 cm³/mol. The zero-order valence-electron chi connectivity index (χ0n) is 12.9. The van der Waals surface area contributed by atoms with E-state index in [4.69, 9.17) is 5.73 Å². The van der Waals surface area contributed by atoms with E-state index in [9.17, 15) is 0 Å². The highest BCUT2D eigenvalue weighted by molar-refractivity contribution is 5.82. The van der Waals surface area contributed by atoms with Gasteiger partial charge in [-0.15, -0.1) is 0 Å². The Balaban J connectivity index is 0.000000861. The third kappa shape index (κ3) is 3.03. The van der Waals surface area contributed by atoms with E-state index >= 15 is 0 Å². The first-order valence-electron chi connectivity index (χ1n) is 7.26. The molecular formula is C16H27N3. The fourth-order valence-electron chi connectivity index (χ4n) is 2.17. The molecule has 1 aromatic heterocycles. The number of rotatable bonds is 4. The average Bonchev–Trinajstić information content (AvgIpc) is 2.48. The van der Waals surface area contributed by atoms with Crippen molar-refractivity contribution >= 4 is 16.7 Å². The standard InChI is InChI=1S/C14H21N3.C2H6/c1-4-6-9-17-13-8-7-11(12(15)5-2)10-14(13)16(17)3;1-2/h5,7-8,10H,4,6,9,15H2,1-3H3;1-2H3/b12-5-;. The number of allylic oxidation sites excluding steroid dienone is 1. The molecule has 1 heterocycles. The van der Waals surface area contributed by atoms with Gasteiger partial charge in [0.2, 0.25) is 0 Å². The van der Waals surface area contributed by atoms with Gasteiger partial charge in [0.05, 0.1) is 11.0 Å². The summed E-state index contributed by atoms with van der Waals surface area (Å²) in [5, 5.41) is 0. The molecular weight excluding hydrogens is 234 g/mol. The number of aryl methyl sites for hydroxylation is 2. The van der Waals surface area contributed by atoms with Crippen LogP contribution in [-0.4, -0.2) is 9.36 Å². The Morgan fingerprint density at radius 1 is 1.26 bits per heavy atom. The van der Waals surface area contributed by atoms with Gasteiger partial charge in [0.1, 0.15) is 0 Å². The van der Waals surface area contributed by atoms with Gasteiger partial charge in [0.25, 0.3) is 0 Å². The maximum absolute atomic E-state index is 5.93. The van der Waals surface area contributed by atoms with Crippen molar-refractivity contribution < 1.29 is 0 Å². The molecule has 0 unspecified atom stereocenters. The molecule has 0 bridgehead atoms. The summed E-state index contributed by atoms with van der Waals surface area (Å²) in [5.41, 5.74) is 10.5. The van der Waals surface area contributed by atoms with Crippen molar-refractivity contribution in [3.05, 3.63) is 29.8 Å². The lowest BCUT2D eigenvalue weighted by Gasteiger charge is -2.24. The lowest BCUT2D eigenvalue weighted by molar-refractivity contribution is 0.484. The number of benzene rings is 1. The monoisotopic (exact) mass is 261 g/mol. The molecule has 0 saturated carbocycles. The molecule has 3 nitrogen and oxygen atoms in total. The second-order valence-corrected chi connectivity index (χ2v) is 4.45. The summed E-state index contributed by atoms with van der Waals surface area (Å²) in [7, 11) is 2.10. The van der Waals surface area contributed by atoms with Gasteiger partial charge in [-0.25, -0.2) is 0 Å². The van der Waals surface area contributed by atoms with Gasteiger partial charge in [0.15, 0.2) is 0 Å². The van der Waals surface area contributed by atoms with Crippen LogP contribution >= 0.6 is 0 Å². The van der Waals surface area contributed by atoms with Crippen LogP contribution in [0.3, 0.4) is 0 Å². The Hall–Kier alpha value is -1.64. The summed E-state index contributed by atoms with van der Waals surface area (Å²) >= 11 is 0. The SMILES string of the molecule is C/C=C(\N)c1ccc2c(c1)n(C)n2CCCC.CC. The summed E-state index contributed by atoms with van der Waals surface area (Å²) in [4.78, 5) is 0. The van der Waals surface area contributed by atoms with E-state index < -0.39 is 0 Å². The van der Waals surface area contributed by atoms with Crippen molar-refractivity contribution in [2.24, 2.45) is 12.8 Å². The minimum absolute atomic E-state index is 0.841. The lowest BCUT2D eigenvalue weighted by atomic mass is 10.1. The highest BCUT2D eigenvalue weighted by atomic mass is 15.4. The second kappa shape index (κ2) is 7.07. The number of unbranched alkanes of at least 4 members (excludes halogenated alkanes) is 1. The molecule has 0 saturated heterocycles. The minimum atomic E-state index is 0.841. The molecule has 0 amide bonds. The van der Waals surface area contributed by atoms with Gasteiger partial charge in [-0.2, -0.15) is 0 Å². The van der Waals surface area contributed by atoms with Gasteiger partial charge >= 0.3 is 0 Å². The van der Waals surface area contributed by atoms with E-state index in [0.717, 1.165) is 17.8 Å². The number of hydrogen-bond acceptors (Lipinski definition) is 1. The van der Waals surface area contributed by atoms with E-state index in [1.54, 1.807) is 0 Å². The van der Waals surface area contributed by atoms with E-state index in [1.165, 1.54) is 23.9 Å². The highest BCUT2D eigenvalue weighted by Gasteiger charge is 2.10. The zero-order valence-corrected chi connectivity index (χ0v) is 12.9. The molecule has 2 aromatic rings. The first kappa shape index (κ1) is 15.4. The first-order chi connectivity index (χ1) is 9.19. The van der Waals surface area contributed by atoms with Crippen LogP contribution in [-0.2, 0) is 13.6 Å². The van der Waals surface area contributed by atoms with Gasteiger partial charge in [-0.3, -0.25) is 9.36 Å². The van der Waals surface area contributed by atoms with Crippen molar-refractivity contribution in [1.29, 1.82) is 0 Å². The van der Waals surface area contributed by atoms with Crippen LogP contribution in [0.25, 0.3) is 16.7 Å². The van der Waals surface area contributed by atoms with Crippen LogP contribution < -0.4 is 5.73 Å². The van der Waals surface area contributed by atoms with E-state index in [1.807, 2.05) is 26.8 Å².